The van der Waals surface area contributed by atoms with E-state index in [9.17, 15) is 4.79 Å². The second-order valence-electron chi connectivity index (χ2n) is 4.82. The van der Waals surface area contributed by atoms with Crippen molar-refractivity contribution in [2.75, 3.05) is 5.73 Å². The highest BCUT2D eigenvalue weighted by Gasteiger charge is 2.15. The van der Waals surface area contributed by atoms with Crippen LogP contribution >= 0.6 is 0 Å². The number of benzene rings is 1. The Labute approximate surface area is 102 Å². The summed E-state index contributed by atoms with van der Waals surface area (Å²) in [6, 6.07) is 7.91. The van der Waals surface area contributed by atoms with Gasteiger partial charge in [0.05, 0.1) is 6.42 Å². The summed E-state index contributed by atoms with van der Waals surface area (Å²) < 4.78 is 0. The Balaban J connectivity index is 1.84. The van der Waals surface area contributed by atoms with Crippen LogP contribution in [-0.2, 0) is 11.2 Å². The molecule has 1 aliphatic carbocycles. The average molecular weight is 232 g/mol. The van der Waals surface area contributed by atoms with E-state index in [4.69, 9.17) is 5.73 Å². The molecule has 1 saturated carbocycles. The van der Waals surface area contributed by atoms with E-state index in [1.807, 2.05) is 24.3 Å². The van der Waals surface area contributed by atoms with Crippen LogP contribution in [0.15, 0.2) is 24.3 Å². The van der Waals surface area contributed by atoms with Gasteiger partial charge in [-0.3, -0.25) is 4.79 Å². The summed E-state index contributed by atoms with van der Waals surface area (Å²) >= 11 is 0. The highest BCUT2D eigenvalue weighted by molar-refractivity contribution is 5.79. The van der Waals surface area contributed by atoms with Crippen LogP contribution in [0, 0.1) is 0 Å². The lowest BCUT2D eigenvalue weighted by atomic mass is 9.95. The first-order chi connectivity index (χ1) is 8.24. The molecule has 0 bridgehead atoms. The summed E-state index contributed by atoms with van der Waals surface area (Å²) in [6.07, 6.45) is 6.47. The van der Waals surface area contributed by atoms with Crippen molar-refractivity contribution in [2.24, 2.45) is 0 Å². The van der Waals surface area contributed by atoms with Crippen molar-refractivity contribution >= 4 is 11.6 Å². The monoisotopic (exact) mass is 232 g/mol. The van der Waals surface area contributed by atoms with Crippen LogP contribution in [-0.4, -0.2) is 11.9 Å². The highest BCUT2D eigenvalue weighted by atomic mass is 16.1. The Morgan fingerprint density at radius 3 is 2.76 bits per heavy atom. The minimum absolute atomic E-state index is 0.113. The number of anilines is 1. The number of nitrogen functional groups attached to an aromatic ring is 1. The number of carbonyl (C=O) groups is 1. The molecule has 92 valence electrons. The maximum atomic E-state index is 11.8. The lowest BCUT2D eigenvalue weighted by Gasteiger charge is -2.22. The fourth-order valence-corrected chi connectivity index (χ4v) is 2.41. The molecular weight excluding hydrogens is 212 g/mol. The van der Waals surface area contributed by atoms with Gasteiger partial charge in [-0.15, -0.1) is 0 Å². The van der Waals surface area contributed by atoms with Crippen LogP contribution in [0.1, 0.15) is 37.7 Å². The quantitative estimate of drug-likeness (QED) is 0.785. The molecule has 0 spiro atoms. The smallest absolute Gasteiger partial charge is 0.224 e. The van der Waals surface area contributed by atoms with Gasteiger partial charge in [-0.2, -0.15) is 0 Å². The minimum atomic E-state index is 0.113. The second kappa shape index (κ2) is 5.71. The number of amides is 1. The van der Waals surface area contributed by atoms with Crippen molar-refractivity contribution in [2.45, 2.75) is 44.6 Å². The van der Waals surface area contributed by atoms with E-state index in [-0.39, 0.29) is 5.91 Å². The molecule has 1 aromatic carbocycles. The molecule has 1 amide bonds. The van der Waals surface area contributed by atoms with E-state index in [0.717, 1.165) is 18.4 Å². The molecule has 3 heteroatoms. The number of hydrogen-bond acceptors (Lipinski definition) is 2. The number of rotatable bonds is 3. The van der Waals surface area contributed by atoms with Crippen molar-refractivity contribution < 1.29 is 4.79 Å². The Morgan fingerprint density at radius 1 is 1.29 bits per heavy atom. The summed E-state index contributed by atoms with van der Waals surface area (Å²) in [5.74, 6) is 0.113. The van der Waals surface area contributed by atoms with Crippen LogP contribution in [0.25, 0.3) is 0 Å². The molecule has 17 heavy (non-hydrogen) atoms. The molecule has 1 aromatic rings. The molecule has 1 aliphatic rings. The van der Waals surface area contributed by atoms with Gasteiger partial charge in [0, 0.05) is 11.7 Å². The molecule has 0 saturated heterocycles. The molecule has 1 fully saturated rings. The maximum absolute atomic E-state index is 11.8. The summed E-state index contributed by atoms with van der Waals surface area (Å²) in [5, 5.41) is 3.11. The largest absolute Gasteiger partial charge is 0.399 e. The maximum Gasteiger partial charge on any atom is 0.224 e. The van der Waals surface area contributed by atoms with E-state index in [0.29, 0.717) is 18.2 Å². The van der Waals surface area contributed by atoms with Crippen molar-refractivity contribution in [3.8, 4) is 0 Å². The topological polar surface area (TPSA) is 55.1 Å². The first kappa shape index (κ1) is 12.0. The van der Waals surface area contributed by atoms with Gasteiger partial charge >= 0.3 is 0 Å². The summed E-state index contributed by atoms with van der Waals surface area (Å²) in [5.41, 5.74) is 7.39. The molecule has 0 atom stereocenters. The molecule has 0 radical (unpaired) electrons. The molecule has 0 aromatic heterocycles. The highest BCUT2D eigenvalue weighted by Crippen LogP contribution is 2.17. The zero-order valence-corrected chi connectivity index (χ0v) is 10.1. The van der Waals surface area contributed by atoms with Crippen LogP contribution < -0.4 is 11.1 Å². The van der Waals surface area contributed by atoms with Gasteiger partial charge in [0.2, 0.25) is 5.91 Å². The predicted molar refractivity (Wildman–Crippen MR) is 69.6 cm³/mol. The van der Waals surface area contributed by atoms with Crippen LogP contribution in [0.5, 0.6) is 0 Å². The third-order valence-electron chi connectivity index (χ3n) is 3.29. The van der Waals surface area contributed by atoms with Crippen molar-refractivity contribution in [3.05, 3.63) is 29.8 Å². The van der Waals surface area contributed by atoms with E-state index < -0.39 is 0 Å². The first-order valence-electron chi connectivity index (χ1n) is 6.38. The fraction of sp³-hybridized carbons (Fsp3) is 0.500. The van der Waals surface area contributed by atoms with Crippen LogP contribution in [0.2, 0.25) is 0 Å². The zero-order valence-electron chi connectivity index (χ0n) is 10.1. The normalized spacial score (nSPS) is 16.7. The van der Waals surface area contributed by atoms with E-state index in [1.165, 1.54) is 19.3 Å². The lowest BCUT2D eigenvalue weighted by molar-refractivity contribution is -0.121. The van der Waals surface area contributed by atoms with E-state index in [1.54, 1.807) is 0 Å². The Kier molecular flexibility index (Phi) is 4.02. The van der Waals surface area contributed by atoms with Gasteiger partial charge in [0.25, 0.3) is 0 Å². The minimum Gasteiger partial charge on any atom is -0.399 e. The standard InChI is InChI=1S/C14H20N2O/c15-12-6-4-5-11(9-12)10-14(17)16-13-7-2-1-3-8-13/h4-6,9,13H,1-3,7-8,10,15H2,(H,16,17). The zero-order chi connectivity index (χ0) is 12.1. The van der Waals surface area contributed by atoms with Gasteiger partial charge in [0.15, 0.2) is 0 Å². The average Bonchev–Trinajstić information content (AvgIpc) is 2.30. The van der Waals surface area contributed by atoms with Gasteiger partial charge in [-0.1, -0.05) is 31.4 Å². The lowest BCUT2D eigenvalue weighted by Crippen LogP contribution is -2.37. The third kappa shape index (κ3) is 3.77. The van der Waals surface area contributed by atoms with Gasteiger partial charge in [0.1, 0.15) is 0 Å². The molecule has 3 nitrogen and oxygen atoms in total. The summed E-state index contributed by atoms with van der Waals surface area (Å²) in [7, 11) is 0. The van der Waals surface area contributed by atoms with Gasteiger partial charge in [-0.25, -0.2) is 0 Å². The van der Waals surface area contributed by atoms with Crippen molar-refractivity contribution in [3.63, 3.8) is 0 Å². The van der Waals surface area contributed by atoms with Gasteiger partial charge in [-0.05, 0) is 30.5 Å². The summed E-state index contributed by atoms with van der Waals surface area (Å²) in [4.78, 5) is 11.8. The number of nitrogens with two attached hydrogens (primary N) is 1. The molecule has 0 aliphatic heterocycles. The predicted octanol–water partition coefficient (Wildman–Crippen LogP) is 2.26. The summed E-state index contributed by atoms with van der Waals surface area (Å²) in [6.45, 7) is 0. The molecular formula is C14H20N2O. The first-order valence-corrected chi connectivity index (χ1v) is 6.38. The Morgan fingerprint density at radius 2 is 2.06 bits per heavy atom. The fourth-order valence-electron chi connectivity index (χ4n) is 2.41. The van der Waals surface area contributed by atoms with E-state index >= 15 is 0 Å². The molecule has 2 rings (SSSR count). The molecule has 3 N–H and O–H groups in total. The number of hydrogen-bond donors (Lipinski definition) is 2. The second-order valence-corrected chi connectivity index (χ2v) is 4.82. The SMILES string of the molecule is Nc1cccc(CC(=O)NC2CCCCC2)c1. The van der Waals surface area contributed by atoms with Gasteiger partial charge < -0.3 is 11.1 Å². The van der Waals surface area contributed by atoms with Crippen molar-refractivity contribution in [1.29, 1.82) is 0 Å². The third-order valence-corrected chi connectivity index (χ3v) is 3.29. The van der Waals surface area contributed by atoms with Crippen LogP contribution in [0.3, 0.4) is 0 Å². The Hall–Kier alpha value is -1.51. The number of nitrogens with one attached hydrogen (secondary N) is 1. The van der Waals surface area contributed by atoms with Crippen molar-refractivity contribution in [1.82, 2.24) is 5.32 Å². The van der Waals surface area contributed by atoms with E-state index in [2.05, 4.69) is 5.32 Å². The number of carbonyl (C=O) groups excluding carboxylic acids is 1. The molecule has 0 unspecified atom stereocenters. The Bertz CT molecular complexity index is 384. The molecule has 0 heterocycles. The van der Waals surface area contributed by atoms with Crippen LogP contribution in [0.4, 0.5) is 5.69 Å².